The predicted octanol–water partition coefficient (Wildman–Crippen LogP) is 2.80. The van der Waals surface area contributed by atoms with Crippen LogP contribution in [-0.4, -0.2) is 52.5 Å². The van der Waals surface area contributed by atoms with Crippen molar-refractivity contribution in [3.63, 3.8) is 0 Å². The smallest absolute Gasteiger partial charge is 0.252 e. The molecule has 0 unspecified atom stereocenters. The summed E-state index contributed by atoms with van der Waals surface area (Å²) in [7, 11) is 1.60. The second-order valence-corrected chi connectivity index (χ2v) is 7.34. The first-order valence-corrected chi connectivity index (χ1v) is 10.0. The first kappa shape index (κ1) is 20.0. The summed E-state index contributed by atoms with van der Waals surface area (Å²) >= 11 is 0. The van der Waals surface area contributed by atoms with Gasteiger partial charge >= 0.3 is 0 Å². The molecule has 3 aromatic heterocycles. The van der Waals surface area contributed by atoms with Crippen molar-refractivity contribution in [3.8, 4) is 22.8 Å². The third-order valence-corrected chi connectivity index (χ3v) is 5.25. The van der Waals surface area contributed by atoms with Gasteiger partial charge in [-0.3, -0.25) is 9.78 Å². The number of ether oxygens (including phenoxy) is 2. The van der Waals surface area contributed by atoms with Crippen LogP contribution in [0.3, 0.4) is 0 Å². The van der Waals surface area contributed by atoms with Crippen molar-refractivity contribution in [2.75, 3.05) is 26.9 Å². The molecular weight excluding hydrogens is 382 g/mol. The van der Waals surface area contributed by atoms with Crippen molar-refractivity contribution in [1.82, 2.24) is 25.1 Å². The lowest BCUT2D eigenvalue weighted by Crippen LogP contribution is -2.32. The van der Waals surface area contributed by atoms with E-state index in [9.17, 15) is 4.79 Å². The molecule has 0 spiro atoms. The van der Waals surface area contributed by atoms with Crippen LogP contribution in [0.2, 0.25) is 0 Å². The summed E-state index contributed by atoms with van der Waals surface area (Å²) in [6, 6.07) is 7.40. The van der Waals surface area contributed by atoms with Crippen LogP contribution in [-0.2, 0) is 4.74 Å². The summed E-state index contributed by atoms with van der Waals surface area (Å²) in [5.74, 6) is 1.49. The molecule has 0 atom stereocenters. The van der Waals surface area contributed by atoms with Crippen molar-refractivity contribution >= 4 is 5.91 Å². The SMILES string of the molecule is COc1c(-c2ccnc(C)c2)cnn1-c1ccc(C(=O)NCC2CCOCC2)cn1. The monoisotopic (exact) mass is 407 g/mol. The minimum Gasteiger partial charge on any atom is -0.480 e. The van der Waals surface area contributed by atoms with Crippen molar-refractivity contribution in [2.24, 2.45) is 5.92 Å². The highest BCUT2D eigenvalue weighted by Gasteiger charge is 2.18. The van der Waals surface area contributed by atoms with Gasteiger partial charge in [-0.15, -0.1) is 0 Å². The van der Waals surface area contributed by atoms with Gasteiger partial charge in [0.25, 0.3) is 5.91 Å². The average molecular weight is 407 g/mol. The number of aryl methyl sites for hydroxylation is 1. The Kier molecular flexibility index (Phi) is 6.04. The molecule has 8 heteroatoms. The normalized spacial score (nSPS) is 14.5. The van der Waals surface area contributed by atoms with E-state index in [1.54, 1.807) is 42.5 Å². The Hall–Kier alpha value is -3.26. The van der Waals surface area contributed by atoms with Gasteiger partial charge in [-0.25, -0.2) is 4.98 Å². The summed E-state index contributed by atoms with van der Waals surface area (Å²) in [6.07, 6.45) is 7.02. The number of methoxy groups -OCH3 is 1. The first-order chi connectivity index (χ1) is 14.7. The molecule has 1 saturated heterocycles. The molecule has 156 valence electrons. The molecule has 0 radical (unpaired) electrons. The largest absolute Gasteiger partial charge is 0.480 e. The minimum atomic E-state index is -0.124. The first-order valence-electron chi connectivity index (χ1n) is 10.0. The van der Waals surface area contributed by atoms with Crippen LogP contribution in [0.5, 0.6) is 5.88 Å². The number of nitrogens with one attached hydrogen (secondary N) is 1. The van der Waals surface area contributed by atoms with Gasteiger partial charge in [-0.05, 0) is 55.5 Å². The number of hydrogen-bond acceptors (Lipinski definition) is 6. The highest BCUT2D eigenvalue weighted by Crippen LogP contribution is 2.31. The molecule has 0 bridgehead atoms. The molecule has 1 amide bonds. The summed E-state index contributed by atoms with van der Waals surface area (Å²) in [4.78, 5) is 21.1. The van der Waals surface area contributed by atoms with Crippen molar-refractivity contribution in [2.45, 2.75) is 19.8 Å². The van der Waals surface area contributed by atoms with Gasteiger partial charge in [0.15, 0.2) is 5.82 Å². The van der Waals surface area contributed by atoms with Crippen LogP contribution in [0, 0.1) is 12.8 Å². The number of carbonyl (C=O) groups excluding carboxylic acids is 1. The number of aromatic nitrogens is 4. The molecule has 0 aliphatic carbocycles. The number of nitrogens with zero attached hydrogens (tertiary/aromatic N) is 4. The van der Waals surface area contributed by atoms with Crippen molar-refractivity contribution in [3.05, 3.63) is 54.1 Å². The summed E-state index contributed by atoms with van der Waals surface area (Å²) < 4.78 is 12.6. The second-order valence-electron chi connectivity index (χ2n) is 7.34. The maximum atomic E-state index is 12.4. The molecule has 0 aromatic carbocycles. The van der Waals surface area contributed by atoms with Gasteiger partial charge in [-0.2, -0.15) is 9.78 Å². The fraction of sp³-hybridized carbons (Fsp3) is 0.364. The molecule has 1 aliphatic rings. The maximum absolute atomic E-state index is 12.4. The van der Waals surface area contributed by atoms with E-state index >= 15 is 0 Å². The van der Waals surface area contributed by atoms with Gasteiger partial charge in [0.1, 0.15) is 0 Å². The Balaban J connectivity index is 1.49. The minimum absolute atomic E-state index is 0.124. The lowest BCUT2D eigenvalue weighted by Gasteiger charge is -2.22. The average Bonchev–Trinajstić information content (AvgIpc) is 3.22. The Bertz CT molecular complexity index is 1010. The number of carbonyl (C=O) groups is 1. The Morgan fingerprint density at radius 2 is 2.07 bits per heavy atom. The standard InChI is InChI=1S/C22H25N5O3/c1-15-11-17(5-8-23-15)19-14-26-27(22(19)29-2)20-4-3-18(13-24-20)21(28)25-12-16-6-9-30-10-7-16/h3-5,8,11,13-14,16H,6-7,9-10,12H2,1-2H3,(H,25,28). The summed E-state index contributed by atoms with van der Waals surface area (Å²) in [6.45, 7) is 4.13. The third kappa shape index (κ3) is 4.33. The molecule has 1 aliphatic heterocycles. The molecule has 0 saturated carbocycles. The van der Waals surface area contributed by atoms with E-state index < -0.39 is 0 Å². The van der Waals surface area contributed by atoms with Crippen molar-refractivity contribution < 1.29 is 14.3 Å². The quantitative estimate of drug-likeness (QED) is 0.676. The van der Waals surface area contributed by atoms with Crippen LogP contribution in [0.1, 0.15) is 28.9 Å². The van der Waals surface area contributed by atoms with E-state index in [0.29, 0.717) is 29.7 Å². The highest BCUT2D eigenvalue weighted by atomic mass is 16.5. The van der Waals surface area contributed by atoms with E-state index in [0.717, 1.165) is 42.9 Å². The molecular formula is C22H25N5O3. The Morgan fingerprint density at radius 3 is 2.77 bits per heavy atom. The molecule has 30 heavy (non-hydrogen) atoms. The maximum Gasteiger partial charge on any atom is 0.252 e. The molecule has 8 nitrogen and oxygen atoms in total. The lowest BCUT2D eigenvalue weighted by atomic mass is 10.0. The molecule has 1 fully saturated rings. The van der Waals surface area contributed by atoms with Crippen LogP contribution in [0.15, 0.2) is 42.9 Å². The van der Waals surface area contributed by atoms with Crippen molar-refractivity contribution in [1.29, 1.82) is 0 Å². The van der Waals surface area contributed by atoms with E-state index in [1.807, 2.05) is 19.1 Å². The number of rotatable bonds is 6. The van der Waals surface area contributed by atoms with Gasteiger partial charge in [0, 0.05) is 37.8 Å². The van der Waals surface area contributed by atoms with E-state index in [-0.39, 0.29) is 5.91 Å². The predicted molar refractivity (Wildman–Crippen MR) is 112 cm³/mol. The molecule has 1 N–H and O–H groups in total. The topological polar surface area (TPSA) is 91.2 Å². The fourth-order valence-corrected chi connectivity index (χ4v) is 3.54. The van der Waals surface area contributed by atoms with E-state index in [2.05, 4.69) is 20.4 Å². The summed E-state index contributed by atoms with van der Waals surface area (Å²) in [5, 5.41) is 7.43. The van der Waals surface area contributed by atoms with Gasteiger partial charge in [-0.1, -0.05) is 0 Å². The zero-order valence-corrected chi connectivity index (χ0v) is 17.2. The van der Waals surface area contributed by atoms with E-state index in [4.69, 9.17) is 9.47 Å². The van der Waals surface area contributed by atoms with Crippen LogP contribution in [0.25, 0.3) is 16.9 Å². The Labute approximate surface area is 175 Å². The molecule has 4 rings (SSSR count). The van der Waals surface area contributed by atoms with Crippen LogP contribution >= 0.6 is 0 Å². The number of hydrogen-bond donors (Lipinski definition) is 1. The Morgan fingerprint density at radius 1 is 1.23 bits per heavy atom. The molecule has 3 aromatic rings. The second kappa shape index (κ2) is 9.04. The third-order valence-electron chi connectivity index (χ3n) is 5.25. The summed E-state index contributed by atoms with van der Waals surface area (Å²) in [5.41, 5.74) is 3.25. The molecule has 4 heterocycles. The van der Waals surface area contributed by atoms with E-state index in [1.165, 1.54) is 0 Å². The zero-order valence-electron chi connectivity index (χ0n) is 17.2. The number of pyridine rings is 2. The fourth-order valence-electron chi connectivity index (χ4n) is 3.54. The van der Waals surface area contributed by atoms with Crippen LogP contribution < -0.4 is 10.1 Å². The van der Waals surface area contributed by atoms with Gasteiger partial charge in [0.05, 0.1) is 24.4 Å². The van der Waals surface area contributed by atoms with Gasteiger partial charge < -0.3 is 14.8 Å². The zero-order chi connectivity index (χ0) is 20.9. The number of amides is 1. The van der Waals surface area contributed by atoms with Gasteiger partial charge in [0.2, 0.25) is 5.88 Å². The van der Waals surface area contributed by atoms with Crippen LogP contribution in [0.4, 0.5) is 0 Å². The highest BCUT2D eigenvalue weighted by molar-refractivity contribution is 5.93. The lowest BCUT2D eigenvalue weighted by molar-refractivity contribution is 0.0642.